The molecule has 2 rings (SSSR count). The van der Waals surface area contributed by atoms with Crippen molar-refractivity contribution >= 4 is 28.0 Å². The Bertz CT molecular complexity index is 591. The zero-order chi connectivity index (χ0) is 11.5. The first kappa shape index (κ1) is 10.8. The number of benzene rings is 1. The van der Waals surface area contributed by atoms with Gasteiger partial charge in [-0.3, -0.25) is 4.79 Å². The van der Waals surface area contributed by atoms with Crippen LogP contribution < -0.4 is 10.9 Å². The van der Waals surface area contributed by atoms with E-state index in [0.29, 0.717) is 16.1 Å². The van der Waals surface area contributed by atoms with E-state index in [2.05, 4.69) is 15.5 Å². The maximum Gasteiger partial charge on any atom is 0.272 e. The van der Waals surface area contributed by atoms with E-state index < -0.39 is 0 Å². The molecular formula is C11H11N3OS. The molecule has 2 N–H and O–H groups in total. The number of hydrogen-bond donors (Lipinski definition) is 2. The smallest absolute Gasteiger partial charge is 0.272 e. The predicted octanol–water partition coefficient (Wildman–Crippen LogP) is 1.21. The highest BCUT2D eigenvalue weighted by molar-refractivity contribution is 7.80. The lowest BCUT2D eigenvalue weighted by Crippen LogP contribution is -2.25. The number of aromatic amines is 1. The van der Waals surface area contributed by atoms with Gasteiger partial charge in [-0.25, -0.2) is 5.10 Å². The van der Waals surface area contributed by atoms with Gasteiger partial charge in [0.2, 0.25) is 0 Å². The molecule has 5 heteroatoms. The lowest BCUT2D eigenvalue weighted by atomic mass is 10.1. The van der Waals surface area contributed by atoms with Crippen LogP contribution in [0.5, 0.6) is 0 Å². The van der Waals surface area contributed by atoms with Crippen LogP contribution in [0.3, 0.4) is 0 Å². The highest BCUT2D eigenvalue weighted by atomic mass is 32.1. The number of H-pyrrole nitrogens is 1. The summed E-state index contributed by atoms with van der Waals surface area (Å²) in [6.07, 6.45) is 0. The summed E-state index contributed by atoms with van der Waals surface area (Å²) in [6.45, 7) is 2.69. The molecule has 0 spiro atoms. The Hall–Kier alpha value is -1.75. The molecule has 1 heterocycles. The molecule has 2 aromatic rings. The van der Waals surface area contributed by atoms with Gasteiger partial charge >= 0.3 is 0 Å². The summed E-state index contributed by atoms with van der Waals surface area (Å²) >= 11 is 5.19. The fourth-order valence-electron chi connectivity index (χ4n) is 1.53. The molecule has 0 amide bonds. The second kappa shape index (κ2) is 4.40. The van der Waals surface area contributed by atoms with Gasteiger partial charge in [0, 0.05) is 11.9 Å². The van der Waals surface area contributed by atoms with E-state index >= 15 is 0 Å². The summed E-state index contributed by atoms with van der Waals surface area (Å²) in [5.41, 5.74) is 0.422. The Balaban J connectivity index is 2.68. The van der Waals surface area contributed by atoms with Gasteiger partial charge in [0.05, 0.1) is 5.39 Å². The summed E-state index contributed by atoms with van der Waals surface area (Å²) in [5, 5.41) is 10.8. The largest absolute Gasteiger partial charge is 0.375 e. The molecule has 1 aromatic heterocycles. The van der Waals surface area contributed by atoms with Crippen molar-refractivity contribution in [1.29, 1.82) is 0 Å². The van der Waals surface area contributed by atoms with Crippen molar-refractivity contribution in [3.05, 3.63) is 40.3 Å². The Kier molecular flexibility index (Phi) is 2.96. The van der Waals surface area contributed by atoms with Crippen LogP contribution in [-0.4, -0.2) is 21.7 Å². The second-order valence-electron chi connectivity index (χ2n) is 3.31. The molecule has 0 aliphatic carbocycles. The van der Waals surface area contributed by atoms with Crippen LogP contribution in [0.2, 0.25) is 0 Å². The fourth-order valence-corrected chi connectivity index (χ4v) is 1.83. The van der Waals surface area contributed by atoms with E-state index in [-0.39, 0.29) is 5.56 Å². The van der Waals surface area contributed by atoms with E-state index in [0.717, 1.165) is 11.9 Å². The second-order valence-corrected chi connectivity index (χ2v) is 3.71. The van der Waals surface area contributed by atoms with Crippen LogP contribution in [0.4, 0.5) is 0 Å². The highest BCUT2D eigenvalue weighted by Gasteiger charge is 2.09. The van der Waals surface area contributed by atoms with Crippen LogP contribution in [0.25, 0.3) is 10.8 Å². The monoisotopic (exact) mass is 233 g/mol. The van der Waals surface area contributed by atoms with Crippen LogP contribution in [0.15, 0.2) is 29.1 Å². The number of rotatable bonds is 2. The summed E-state index contributed by atoms with van der Waals surface area (Å²) in [6, 6.07) is 7.28. The average Bonchev–Trinajstić information content (AvgIpc) is 2.30. The third-order valence-corrected chi connectivity index (χ3v) is 2.59. The summed E-state index contributed by atoms with van der Waals surface area (Å²) in [5.74, 6) is 0. The van der Waals surface area contributed by atoms with Gasteiger partial charge < -0.3 is 5.32 Å². The van der Waals surface area contributed by atoms with Crippen molar-refractivity contribution in [2.45, 2.75) is 6.92 Å². The van der Waals surface area contributed by atoms with E-state index in [1.165, 1.54) is 0 Å². The van der Waals surface area contributed by atoms with Crippen molar-refractivity contribution in [2.24, 2.45) is 0 Å². The van der Waals surface area contributed by atoms with Gasteiger partial charge in [-0.2, -0.15) is 5.10 Å². The van der Waals surface area contributed by atoms with Crippen LogP contribution in [0, 0.1) is 0 Å². The van der Waals surface area contributed by atoms with E-state index in [4.69, 9.17) is 12.2 Å². The molecule has 0 unspecified atom stereocenters. The number of hydrogen-bond acceptors (Lipinski definition) is 3. The van der Waals surface area contributed by atoms with Crippen molar-refractivity contribution in [3.8, 4) is 0 Å². The summed E-state index contributed by atoms with van der Waals surface area (Å²) in [7, 11) is 0. The quantitative estimate of drug-likeness (QED) is 0.765. The third kappa shape index (κ3) is 1.81. The first-order valence-electron chi connectivity index (χ1n) is 4.99. The molecule has 0 saturated carbocycles. The Morgan fingerprint density at radius 1 is 1.44 bits per heavy atom. The molecule has 0 radical (unpaired) electrons. The predicted molar refractivity (Wildman–Crippen MR) is 67.7 cm³/mol. The summed E-state index contributed by atoms with van der Waals surface area (Å²) in [4.78, 5) is 12.1. The van der Waals surface area contributed by atoms with Gasteiger partial charge in [0.1, 0.15) is 10.7 Å². The number of nitrogens with zero attached hydrogens (tertiary/aromatic N) is 1. The van der Waals surface area contributed by atoms with Crippen LogP contribution >= 0.6 is 12.2 Å². The molecule has 4 nitrogen and oxygen atoms in total. The van der Waals surface area contributed by atoms with E-state index in [9.17, 15) is 4.79 Å². The van der Waals surface area contributed by atoms with Gasteiger partial charge in [0.25, 0.3) is 5.56 Å². The van der Waals surface area contributed by atoms with E-state index in [1.54, 1.807) is 6.07 Å². The zero-order valence-electron chi connectivity index (χ0n) is 8.78. The minimum Gasteiger partial charge on any atom is -0.375 e. The van der Waals surface area contributed by atoms with Crippen LogP contribution in [-0.2, 0) is 0 Å². The molecule has 0 bridgehead atoms. The molecule has 16 heavy (non-hydrogen) atoms. The van der Waals surface area contributed by atoms with Crippen molar-refractivity contribution in [1.82, 2.24) is 15.5 Å². The number of aromatic nitrogens is 2. The average molecular weight is 233 g/mol. The Morgan fingerprint density at radius 2 is 2.12 bits per heavy atom. The van der Waals surface area contributed by atoms with E-state index in [1.807, 2.05) is 25.1 Å². The minimum absolute atomic E-state index is 0.196. The van der Waals surface area contributed by atoms with Gasteiger partial charge in [-0.15, -0.1) is 0 Å². The maximum absolute atomic E-state index is 11.5. The maximum atomic E-state index is 11.5. The number of thiocarbonyl (C=S) groups is 1. The molecule has 0 aliphatic rings. The Labute approximate surface area is 97.7 Å². The first-order valence-corrected chi connectivity index (χ1v) is 5.40. The Morgan fingerprint density at radius 3 is 2.81 bits per heavy atom. The molecular weight excluding hydrogens is 222 g/mol. The minimum atomic E-state index is -0.196. The lowest BCUT2D eigenvalue weighted by Gasteiger charge is -2.06. The number of nitrogens with one attached hydrogen (secondary N) is 2. The summed E-state index contributed by atoms with van der Waals surface area (Å²) < 4.78 is 0. The molecule has 0 atom stereocenters. The normalized spacial score (nSPS) is 10.3. The molecule has 0 saturated heterocycles. The fraction of sp³-hybridized carbons (Fsp3) is 0.182. The molecule has 0 fully saturated rings. The molecule has 0 aliphatic heterocycles. The van der Waals surface area contributed by atoms with Crippen molar-refractivity contribution in [2.75, 3.05) is 6.54 Å². The van der Waals surface area contributed by atoms with Gasteiger partial charge in [-0.05, 0) is 13.0 Å². The topological polar surface area (TPSA) is 57.8 Å². The van der Waals surface area contributed by atoms with Crippen molar-refractivity contribution < 1.29 is 0 Å². The highest BCUT2D eigenvalue weighted by Crippen LogP contribution is 2.12. The SMILES string of the molecule is CCNC(=S)c1n[nH]c(=O)c2ccccc12. The lowest BCUT2D eigenvalue weighted by molar-refractivity contribution is 0.951. The third-order valence-electron chi connectivity index (χ3n) is 2.25. The van der Waals surface area contributed by atoms with Gasteiger partial charge in [0.15, 0.2) is 0 Å². The molecule has 1 aromatic carbocycles. The zero-order valence-corrected chi connectivity index (χ0v) is 9.60. The number of fused-ring (bicyclic) bond motifs is 1. The standard InChI is InChI=1S/C11H11N3OS/c1-2-12-11(16)9-7-5-3-4-6-8(7)10(15)14-13-9/h3-6H,2H2,1H3,(H,12,16)(H,14,15). The van der Waals surface area contributed by atoms with Crippen LogP contribution in [0.1, 0.15) is 12.6 Å². The van der Waals surface area contributed by atoms with Gasteiger partial charge in [-0.1, -0.05) is 30.4 Å². The first-order chi connectivity index (χ1) is 7.74. The molecule has 82 valence electrons. The van der Waals surface area contributed by atoms with Crippen molar-refractivity contribution in [3.63, 3.8) is 0 Å².